The molecular weight excluding hydrogens is 318 g/mol. The molecule has 0 radical (unpaired) electrons. The zero-order valence-corrected chi connectivity index (χ0v) is 17.6. The maximum Gasteiger partial charge on any atom is 0.243 e. The second-order valence-electron chi connectivity index (χ2n) is 7.59. The summed E-state index contributed by atoms with van der Waals surface area (Å²) in [6.07, 6.45) is 28.0. The summed E-state index contributed by atoms with van der Waals surface area (Å²) < 4.78 is 0. The minimum Gasteiger partial charge on any atom is -0.352 e. The molecule has 150 valence electrons. The average Bonchev–Trinajstić information content (AvgIpc) is 2.62. The van der Waals surface area contributed by atoms with E-state index >= 15 is 0 Å². The van der Waals surface area contributed by atoms with Crippen LogP contribution in [0.25, 0.3) is 0 Å². The van der Waals surface area contributed by atoms with Crippen LogP contribution in [0.1, 0.15) is 97.8 Å². The monoisotopic (exact) mass is 361 g/mol. The topological polar surface area (TPSA) is 29.1 Å². The molecule has 1 amide bonds. The molecule has 0 aliphatic heterocycles. The average molecular weight is 362 g/mol. The molecule has 0 aliphatic carbocycles. The van der Waals surface area contributed by atoms with Crippen LogP contribution in [0.15, 0.2) is 36.5 Å². The summed E-state index contributed by atoms with van der Waals surface area (Å²) in [6, 6.07) is 0. The summed E-state index contributed by atoms with van der Waals surface area (Å²) in [7, 11) is 0. The highest BCUT2D eigenvalue weighted by Gasteiger charge is 1.95. The zero-order valence-electron chi connectivity index (χ0n) is 17.6. The Labute approximate surface area is 163 Å². The van der Waals surface area contributed by atoms with Gasteiger partial charge in [0.25, 0.3) is 0 Å². The molecule has 0 aromatic heterocycles. The Kier molecular flexibility index (Phi) is 19.0. The van der Waals surface area contributed by atoms with E-state index in [0.29, 0.717) is 5.92 Å². The Morgan fingerprint density at radius 1 is 0.769 bits per heavy atom. The van der Waals surface area contributed by atoms with E-state index in [4.69, 9.17) is 0 Å². The van der Waals surface area contributed by atoms with Crippen LogP contribution in [0.2, 0.25) is 0 Å². The van der Waals surface area contributed by atoms with E-state index in [1.54, 1.807) is 6.08 Å². The fourth-order valence-corrected chi connectivity index (χ4v) is 2.68. The molecule has 0 rings (SSSR count). The Morgan fingerprint density at radius 3 is 2.00 bits per heavy atom. The molecular formula is C24H43NO. The van der Waals surface area contributed by atoms with Gasteiger partial charge in [0.1, 0.15) is 0 Å². The standard InChI is InChI=1S/C24H43NO/c1-4-5-6-7-8-9-10-11-12-13-14-15-16-17-18-19-20-21-24(26)25-22-23(2)3/h14-15,18-21,23H,4-13,16-17,22H2,1-3H3,(H,25,26)/b15-14+,19-18+,21-20+. The van der Waals surface area contributed by atoms with Crippen LogP contribution in [-0.2, 0) is 4.79 Å². The third-order valence-electron chi connectivity index (χ3n) is 4.32. The van der Waals surface area contributed by atoms with Crippen molar-refractivity contribution in [3.63, 3.8) is 0 Å². The minimum atomic E-state index is -0.01000. The number of nitrogens with one attached hydrogen (secondary N) is 1. The molecule has 0 aromatic carbocycles. The molecule has 0 fully saturated rings. The molecule has 1 N–H and O–H groups in total. The highest BCUT2D eigenvalue weighted by molar-refractivity contribution is 5.87. The summed E-state index contributed by atoms with van der Waals surface area (Å²) in [5.41, 5.74) is 0. The fourth-order valence-electron chi connectivity index (χ4n) is 2.68. The zero-order chi connectivity index (χ0) is 19.3. The van der Waals surface area contributed by atoms with E-state index < -0.39 is 0 Å². The highest BCUT2D eigenvalue weighted by Crippen LogP contribution is 2.10. The largest absolute Gasteiger partial charge is 0.352 e. The molecule has 0 unspecified atom stereocenters. The van der Waals surface area contributed by atoms with Crippen molar-refractivity contribution in [1.82, 2.24) is 5.32 Å². The molecule has 0 spiro atoms. The first kappa shape index (κ1) is 24.7. The lowest BCUT2D eigenvalue weighted by Gasteiger charge is -2.03. The van der Waals surface area contributed by atoms with Crippen LogP contribution in [0, 0.1) is 5.92 Å². The van der Waals surface area contributed by atoms with E-state index in [1.807, 2.05) is 12.2 Å². The van der Waals surface area contributed by atoms with Crippen LogP contribution >= 0.6 is 0 Å². The predicted octanol–water partition coefficient (Wildman–Crippen LogP) is 7.13. The summed E-state index contributed by atoms with van der Waals surface area (Å²) in [6.45, 7) is 7.19. The molecule has 2 heteroatoms. The summed E-state index contributed by atoms with van der Waals surface area (Å²) in [4.78, 5) is 11.5. The smallest absolute Gasteiger partial charge is 0.243 e. The van der Waals surface area contributed by atoms with Crippen LogP contribution in [0.4, 0.5) is 0 Å². The van der Waals surface area contributed by atoms with Gasteiger partial charge in [-0.2, -0.15) is 0 Å². The van der Waals surface area contributed by atoms with Crippen molar-refractivity contribution < 1.29 is 4.79 Å². The number of hydrogen-bond donors (Lipinski definition) is 1. The first-order chi connectivity index (χ1) is 12.7. The van der Waals surface area contributed by atoms with Gasteiger partial charge in [-0.3, -0.25) is 4.79 Å². The third-order valence-corrected chi connectivity index (χ3v) is 4.32. The van der Waals surface area contributed by atoms with Gasteiger partial charge >= 0.3 is 0 Å². The molecule has 0 atom stereocenters. The van der Waals surface area contributed by atoms with Crippen molar-refractivity contribution >= 4 is 5.91 Å². The number of hydrogen-bond acceptors (Lipinski definition) is 1. The highest BCUT2D eigenvalue weighted by atomic mass is 16.1. The van der Waals surface area contributed by atoms with Gasteiger partial charge in [-0.05, 0) is 31.6 Å². The third kappa shape index (κ3) is 20.7. The van der Waals surface area contributed by atoms with Crippen LogP contribution in [-0.4, -0.2) is 12.5 Å². The molecule has 0 saturated carbocycles. The van der Waals surface area contributed by atoms with Crippen molar-refractivity contribution in [3.8, 4) is 0 Å². The summed E-state index contributed by atoms with van der Waals surface area (Å²) in [5, 5.41) is 2.87. The number of carbonyl (C=O) groups excluding carboxylic acids is 1. The van der Waals surface area contributed by atoms with E-state index in [2.05, 4.69) is 44.3 Å². The van der Waals surface area contributed by atoms with Gasteiger partial charge in [0.15, 0.2) is 0 Å². The Morgan fingerprint density at radius 2 is 1.35 bits per heavy atom. The maximum atomic E-state index is 11.5. The van der Waals surface area contributed by atoms with Gasteiger partial charge < -0.3 is 5.32 Å². The first-order valence-electron chi connectivity index (χ1n) is 10.9. The van der Waals surface area contributed by atoms with Gasteiger partial charge in [-0.15, -0.1) is 0 Å². The first-order valence-corrected chi connectivity index (χ1v) is 10.9. The maximum absolute atomic E-state index is 11.5. The second kappa shape index (κ2) is 20.0. The molecule has 0 heterocycles. The van der Waals surface area contributed by atoms with Gasteiger partial charge in [0, 0.05) is 12.6 Å². The van der Waals surface area contributed by atoms with Crippen molar-refractivity contribution in [2.75, 3.05) is 6.54 Å². The molecule has 0 aromatic rings. The van der Waals surface area contributed by atoms with Crippen LogP contribution < -0.4 is 5.32 Å². The van der Waals surface area contributed by atoms with Gasteiger partial charge in [-0.1, -0.05) is 103 Å². The lowest BCUT2D eigenvalue weighted by atomic mass is 10.1. The second-order valence-corrected chi connectivity index (χ2v) is 7.59. The van der Waals surface area contributed by atoms with Crippen molar-refractivity contribution in [2.45, 2.75) is 97.8 Å². The van der Waals surface area contributed by atoms with Gasteiger partial charge in [0.05, 0.1) is 0 Å². The summed E-state index contributed by atoms with van der Waals surface area (Å²) in [5.74, 6) is 0.481. The Hall–Kier alpha value is -1.31. The minimum absolute atomic E-state index is 0.01000. The molecule has 2 nitrogen and oxygen atoms in total. The summed E-state index contributed by atoms with van der Waals surface area (Å²) >= 11 is 0. The van der Waals surface area contributed by atoms with Crippen molar-refractivity contribution in [2.24, 2.45) is 5.92 Å². The SMILES string of the molecule is CCCCCCCCCCC/C=C/CC/C=C/C=C/C(=O)NCC(C)C. The van der Waals surface area contributed by atoms with E-state index in [-0.39, 0.29) is 5.91 Å². The number of carbonyl (C=O) groups is 1. The normalized spacial score (nSPS) is 12.2. The fraction of sp³-hybridized carbons (Fsp3) is 0.708. The Bertz CT molecular complexity index is 393. The molecule has 0 saturated heterocycles. The lowest BCUT2D eigenvalue weighted by molar-refractivity contribution is -0.116. The van der Waals surface area contributed by atoms with E-state index in [1.165, 1.54) is 64.2 Å². The van der Waals surface area contributed by atoms with Gasteiger partial charge in [-0.25, -0.2) is 0 Å². The number of rotatable bonds is 17. The van der Waals surface area contributed by atoms with Gasteiger partial charge in [0.2, 0.25) is 5.91 Å². The van der Waals surface area contributed by atoms with E-state index in [9.17, 15) is 4.79 Å². The van der Waals surface area contributed by atoms with Crippen LogP contribution in [0.3, 0.4) is 0 Å². The number of allylic oxidation sites excluding steroid dienone is 5. The Balaban J connectivity index is 3.38. The lowest BCUT2D eigenvalue weighted by Crippen LogP contribution is -2.25. The number of amides is 1. The van der Waals surface area contributed by atoms with Crippen molar-refractivity contribution in [1.29, 1.82) is 0 Å². The van der Waals surface area contributed by atoms with Crippen LogP contribution in [0.5, 0.6) is 0 Å². The van der Waals surface area contributed by atoms with Crippen molar-refractivity contribution in [3.05, 3.63) is 36.5 Å². The quantitative estimate of drug-likeness (QED) is 0.127. The number of unbranched alkanes of at least 4 members (excludes halogenated alkanes) is 10. The van der Waals surface area contributed by atoms with E-state index in [0.717, 1.165) is 19.4 Å². The predicted molar refractivity (Wildman–Crippen MR) is 116 cm³/mol. The molecule has 26 heavy (non-hydrogen) atoms. The molecule has 0 aliphatic rings. The molecule has 0 bridgehead atoms.